The molecule has 2 unspecified atom stereocenters. The van der Waals surface area contributed by atoms with E-state index in [0.717, 1.165) is 24.8 Å². The van der Waals surface area contributed by atoms with Crippen molar-refractivity contribution in [3.63, 3.8) is 0 Å². The van der Waals surface area contributed by atoms with Crippen molar-refractivity contribution in [3.8, 4) is 5.75 Å². The van der Waals surface area contributed by atoms with E-state index < -0.39 is 0 Å². The molecule has 2 atom stereocenters. The van der Waals surface area contributed by atoms with Gasteiger partial charge in [-0.05, 0) is 55.7 Å². The lowest BCUT2D eigenvalue weighted by atomic mass is 9.86. The topological polar surface area (TPSA) is 21.3 Å². The average molecular weight is 273 g/mol. The second-order valence-corrected chi connectivity index (χ2v) is 6.44. The van der Waals surface area contributed by atoms with Crippen LogP contribution in [0.2, 0.25) is 0 Å². The van der Waals surface area contributed by atoms with Gasteiger partial charge in [0.15, 0.2) is 0 Å². The largest absolute Gasteiger partial charge is 0.493 e. The second kappa shape index (κ2) is 6.62. The minimum Gasteiger partial charge on any atom is -0.493 e. The summed E-state index contributed by atoms with van der Waals surface area (Å²) in [6, 6.07) is 9.30. The highest BCUT2D eigenvalue weighted by Gasteiger charge is 2.29. The Hall–Kier alpha value is -1.02. The highest BCUT2D eigenvalue weighted by molar-refractivity contribution is 5.37. The highest BCUT2D eigenvalue weighted by Crippen LogP contribution is 2.39. The first-order valence-electron chi connectivity index (χ1n) is 8.32. The molecule has 2 nitrogen and oxygen atoms in total. The first-order chi connectivity index (χ1) is 9.86. The van der Waals surface area contributed by atoms with Gasteiger partial charge in [-0.25, -0.2) is 0 Å². The van der Waals surface area contributed by atoms with Crippen LogP contribution in [0.3, 0.4) is 0 Å². The monoisotopic (exact) mass is 273 g/mol. The van der Waals surface area contributed by atoms with Crippen molar-refractivity contribution < 1.29 is 4.74 Å². The van der Waals surface area contributed by atoms with E-state index in [-0.39, 0.29) is 0 Å². The van der Waals surface area contributed by atoms with Gasteiger partial charge in [0.2, 0.25) is 0 Å². The molecular weight excluding hydrogens is 246 g/mol. The van der Waals surface area contributed by atoms with Crippen molar-refractivity contribution >= 4 is 0 Å². The van der Waals surface area contributed by atoms with E-state index in [1.54, 1.807) is 0 Å². The normalized spacial score (nSPS) is 22.9. The van der Waals surface area contributed by atoms with Gasteiger partial charge in [0.1, 0.15) is 5.75 Å². The third-order valence-electron chi connectivity index (χ3n) is 4.65. The standard InChI is InChI=1S/C18H27NO/c1-2-10-19-16(12-14-7-8-14)13-15-9-11-20-18-6-4-3-5-17(15)18/h3-6,14-16,19H,2,7-13H2,1H3. The number of ether oxygens (including phenoxy) is 1. The average Bonchev–Trinajstić information content (AvgIpc) is 3.29. The fourth-order valence-corrected chi connectivity index (χ4v) is 3.37. The molecule has 2 heteroatoms. The Morgan fingerprint density at radius 3 is 2.85 bits per heavy atom. The van der Waals surface area contributed by atoms with Crippen LogP contribution < -0.4 is 10.1 Å². The van der Waals surface area contributed by atoms with E-state index in [2.05, 4.69) is 36.5 Å². The van der Waals surface area contributed by atoms with E-state index >= 15 is 0 Å². The number of hydrogen-bond donors (Lipinski definition) is 1. The summed E-state index contributed by atoms with van der Waals surface area (Å²) in [7, 11) is 0. The predicted molar refractivity (Wildman–Crippen MR) is 83.3 cm³/mol. The van der Waals surface area contributed by atoms with Crippen LogP contribution in [0.1, 0.15) is 56.9 Å². The van der Waals surface area contributed by atoms with Gasteiger partial charge in [-0.15, -0.1) is 0 Å². The summed E-state index contributed by atoms with van der Waals surface area (Å²) in [6.07, 6.45) is 7.96. The molecule has 1 heterocycles. The zero-order valence-electron chi connectivity index (χ0n) is 12.6. The Balaban J connectivity index is 1.65. The third kappa shape index (κ3) is 3.54. The van der Waals surface area contributed by atoms with Gasteiger partial charge in [0, 0.05) is 6.04 Å². The van der Waals surface area contributed by atoms with E-state index in [9.17, 15) is 0 Å². The molecule has 1 fully saturated rings. The maximum atomic E-state index is 5.79. The SMILES string of the molecule is CCCNC(CC1CC1)CC1CCOc2ccccc21. The van der Waals surface area contributed by atoms with E-state index in [1.807, 2.05) is 0 Å². The molecular formula is C18H27NO. The van der Waals surface area contributed by atoms with Gasteiger partial charge in [0.25, 0.3) is 0 Å². The summed E-state index contributed by atoms with van der Waals surface area (Å²) in [6.45, 7) is 4.29. The molecule has 0 spiro atoms. The lowest BCUT2D eigenvalue weighted by Gasteiger charge is -2.29. The number of nitrogens with one attached hydrogen (secondary N) is 1. The number of hydrogen-bond acceptors (Lipinski definition) is 2. The molecule has 20 heavy (non-hydrogen) atoms. The molecule has 0 aromatic heterocycles. The molecule has 0 radical (unpaired) electrons. The maximum absolute atomic E-state index is 5.79. The van der Waals surface area contributed by atoms with Crippen molar-refractivity contribution in [2.45, 2.75) is 57.4 Å². The lowest BCUT2D eigenvalue weighted by Crippen LogP contribution is -2.33. The minimum absolute atomic E-state index is 0.674. The van der Waals surface area contributed by atoms with Gasteiger partial charge in [0.05, 0.1) is 6.61 Å². The predicted octanol–water partition coefficient (Wildman–Crippen LogP) is 4.11. The fraction of sp³-hybridized carbons (Fsp3) is 0.667. The third-order valence-corrected chi connectivity index (χ3v) is 4.65. The van der Waals surface area contributed by atoms with E-state index in [0.29, 0.717) is 12.0 Å². The van der Waals surface area contributed by atoms with Crippen LogP contribution in [-0.2, 0) is 0 Å². The Morgan fingerprint density at radius 1 is 1.20 bits per heavy atom. The van der Waals surface area contributed by atoms with Crippen molar-refractivity contribution in [2.24, 2.45) is 5.92 Å². The summed E-state index contributed by atoms with van der Waals surface area (Å²) in [5.74, 6) is 2.79. The van der Waals surface area contributed by atoms with Gasteiger partial charge >= 0.3 is 0 Å². The minimum atomic E-state index is 0.674. The summed E-state index contributed by atoms with van der Waals surface area (Å²) in [5, 5.41) is 3.78. The number of para-hydroxylation sites is 1. The Morgan fingerprint density at radius 2 is 2.05 bits per heavy atom. The van der Waals surface area contributed by atoms with Crippen LogP contribution in [0.25, 0.3) is 0 Å². The highest BCUT2D eigenvalue weighted by atomic mass is 16.5. The van der Waals surface area contributed by atoms with Crippen LogP contribution in [-0.4, -0.2) is 19.2 Å². The van der Waals surface area contributed by atoms with Crippen molar-refractivity contribution in [1.82, 2.24) is 5.32 Å². The summed E-state index contributed by atoms with van der Waals surface area (Å²) >= 11 is 0. The number of fused-ring (bicyclic) bond motifs is 1. The molecule has 3 rings (SSSR count). The van der Waals surface area contributed by atoms with Crippen molar-refractivity contribution in [1.29, 1.82) is 0 Å². The van der Waals surface area contributed by atoms with Crippen LogP contribution in [0.15, 0.2) is 24.3 Å². The molecule has 1 aromatic rings. The summed E-state index contributed by atoms with van der Waals surface area (Å²) < 4.78 is 5.79. The molecule has 1 N–H and O–H groups in total. The molecule has 1 aromatic carbocycles. The Kier molecular flexibility index (Phi) is 4.62. The van der Waals surface area contributed by atoms with Crippen LogP contribution >= 0.6 is 0 Å². The van der Waals surface area contributed by atoms with Crippen LogP contribution in [0.4, 0.5) is 0 Å². The molecule has 2 aliphatic rings. The van der Waals surface area contributed by atoms with Crippen LogP contribution in [0, 0.1) is 5.92 Å². The molecule has 0 bridgehead atoms. The van der Waals surface area contributed by atoms with E-state index in [1.165, 1.54) is 44.1 Å². The van der Waals surface area contributed by atoms with E-state index in [4.69, 9.17) is 4.74 Å². The van der Waals surface area contributed by atoms with Gasteiger partial charge in [-0.1, -0.05) is 38.0 Å². The Bertz CT molecular complexity index is 427. The zero-order chi connectivity index (χ0) is 13.8. The first-order valence-corrected chi connectivity index (χ1v) is 8.32. The summed E-state index contributed by atoms with van der Waals surface area (Å²) in [5.41, 5.74) is 1.43. The Labute approximate surface area is 122 Å². The summed E-state index contributed by atoms with van der Waals surface area (Å²) in [4.78, 5) is 0. The molecule has 0 amide bonds. The molecule has 1 aliphatic heterocycles. The molecule has 1 aliphatic carbocycles. The van der Waals surface area contributed by atoms with Crippen molar-refractivity contribution in [3.05, 3.63) is 29.8 Å². The van der Waals surface area contributed by atoms with Crippen molar-refractivity contribution in [2.75, 3.05) is 13.2 Å². The fourth-order valence-electron chi connectivity index (χ4n) is 3.37. The first kappa shape index (κ1) is 13.9. The molecule has 110 valence electrons. The van der Waals surface area contributed by atoms with Gasteiger partial charge in [-0.3, -0.25) is 0 Å². The zero-order valence-corrected chi connectivity index (χ0v) is 12.6. The lowest BCUT2D eigenvalue weighted by molar-refractivity contribution is 0.252. The quantitative estimate of drug-likeness (QED) is 0.807. The number of benzene rings is 1. The molecule has 0 saturated heterocycles. The van der Waals surface area contributed by atoms with Gasteiger partial charge in [-0.2, -0.15) is 0 Å². The number of rotatable bonds is 7. The van der Waals surface area contributed by atoms with Gasteiger partial charge < -0.3 is 10.1 Å². The smallest absolute Gasteiger partial charge is 0.122 e. The second-order valence-electron chi connectivity index (χ2n) is 6.44. The van der Waals surface area contributed by atoms with Crippen LogP contribution in [0.5, 0.6) is 5.75 Å². The molecule has 1 saturated carbocycles. The maximum Gasteiger partial charge on any atom is 0.122 e.